The molecule has 3 N–H and O–H groups in total. The van der Waals surface area contributed by atoms with Gasteiger partial charge in [-0.3, -0.25) is 9.59 Å². The Bertz CT molecular complexity index is 1010. The Kier molecular flexibility index (Phi) is 9.06. The summed E-state index contributed by atoms with van der Waals surface area (Å²) in [7, 11) is 3.02. The molecule has 184 valence electrons. The maximum absolute atomic E-state index is 13.9. The maximum atomic E-state index is 13.9. The van der Waals surface area contributed by atoms with E-state index in [-0.39, 0.29) is 29.4 Å². The quantitative estimate of drug-likeness (QED) is 0.452. The molecule has 34 heavy (non-hydrogen) atoms. The van der Waals surface area contributed by atoms with E-state index in [0.29, 0.717) is 42.1 Å². The number of amides is 1. The van der Waals surface area contributed by atoms with Crippen LogP contribution < -0.4 is 15.4 Å². The number of carboxylic acids is 1. The van der Waals surface area contributed by atoms with Gasteiger partial charge in [0.25, 0.3) is 5.91 Å². The Balaban J connectivity index is 1.64. The number of pyridine rings is 1. The summed E-state index contributed by atoms with van der Waals surface area (Å²) in [5.41, 5.74) is 0.850. The fraction of sp³-hybridized carbons (Fsp3) is 0.458. The number of methoxy groups -OCH3 is 2. The van der Waals surface area contributed by atoms with E-state index < -0.39 is 17.8 Å². The van der Waals surface area contributed by atoms with Gasteiger partial charge >= 0.3 is 5.97 Å². The van der Waals surface area contributed by atoms with Crippen molar-refractivity contribution in [3.63, 3.8) is 0 Å². The molecule has 8 nitrogen and oxygen atoms in total. The van der Waals surface area contributed by atoms with Crippen molar-refractivity contribution in [3.8, 4) is 5.75 Å². The fourth-order valence-corrected chi connectivity index (χ4v) is 4.36. The number of benzene rings is 1. The highest BCUT2D eigenvalue weighted by Crippen LogP contribution is 2.31. The molecule has 1 fully saturated rings. The van der Waals surface area contributed by atoms with E-state index in [1.807, 2.05) is 0 Å². The summed E-state index contributed by atoms with van der Waals surface area (Å²) in [5, 5.41) is 15.4. The lowest BCUT2D eigenvalue weighted by Gasteiger charge is -2.26. The van der Waals surface area contributed by atoms with Gasteiger partial charge in [0, 0.05) is 25.4 Å². The molecule has 0 bridgehead atoms. The van der Waals surface area contributed by atoms with Gasteiger partial charge in [-0.1, -0.05) is 11.6 Å². The largest absolute Gasteiger partial charge is 0.496 e. The van der Waals surface area contributed by atoms with Gasteiger partial charge in [-0.15, -0.1) is 0 Å². The Morgan fingerprint density at radius 2 is 1.97 bits per heavy atom. The van der Waals surface area contributed by atoms with Crippen LogP contribution in [-0.4, -0.2) is 49.3 Å². The number of carbonyl (C=O) groups is 2. The second-order valence-electron chi connectivity index (χ2n) is 8.36. The third-order valence-corrected chi connectivity index (χ3v) is 6.35. The third kappa shape index (κ3) is 6.57. The summed E-state index contributed by atoms with van der Waals surface area (Å²) in [4.78, 5) is 28.0. The number of anilines is 1. The Labute approximate surface area is 202 Å². The zero-order valence-electron chi connectivity index (χ0n) is 19.1. The number of hydrogen-bond acceptors (Lipinski definition) is 6. The minimum Gasteiger partial charge on any atom is -0.496 e. The molecule has 2 aromatic rings. The zero-order valence-corrected chi connectivity index (χ0v) is 19.9. The molecular weight excluding hydrogens is 465 g/mol. The number of nitrogens with zero attached hydrogens (tertiary/aromatic N) is 1. The number of carbonyl (C=O) groups excluding carboxylic acids is 1. The van der Waals surface area contributed by atoms with Crippen molar-refractivity contribution >= 4 is 29.3 Å². The molecule has 1 unspecified atom stereocenters. The molecule has 1 aliphatic rings. The van der Waals surface area contributed by atoms with E-state index >= 15 is 0 Å². The number of ether oxygens (including phenoxy) is 2. The second-order valence-corrected chi connectivity index (χ2v) is 8.77. The van der Waals surface area contributed by atoms with Crippen molar-refractivity contribution in [2.45, 2.75) is 31.7 Å². The minimum absolute atomic E-state index is 0.199. The first-order valence-corrected chi connectivity index (χ1v) is 11.5. The van der Waals surface area contributed by atoms with Crippen molar-refractivity contribution in [2.75, 3.05) is 32.7 Å². The van der Waals surface area contributed by atoms with E-state index in [0.717, 1.165) is 12.8 Å². The van der Waals surface area contributed by atoms with E-state index in [4.69, 9.17) is 26.2 Å². The number of carboxylic acid groups (broad SMARTS) is 1. The summed E-state index contributed by atoms with van der Waals surface area (Å²) >= 11 is 6.40. The van der Waals surface area contributed by atoms with Crippen molar-refractivity contribution in [2.24, 2.45) is 11.8 Å². The summed E-state index contributed by atoms with van der Waals surface area (Å²) < 4.78 is 24.5. The normalized spacial score (nSPS) is 18.7. The van der Waals surface area contributed by atoms with Crippen LogP contribution in [-0.2, 0) is 9.53 Å². The van der Waals surface area contributed by atoms with Gasteiger partial charge in [0.15, 0.2) is 0 Å². The monoisotopic (exact) mass is 493 g/mol. The molecule has 0 saturated heterocycles. The van der Waals surface area contributed by atoms with Crippen LogP contribution in [0.4, 0.5) is 10.2 Å². The predicted octanol–water partition coefficient (Wildman–Crippen LogP) is 4.30. The number of nitrogens with one attached hydrogen (secondary N) is 2. The topological polar surface area (TPSA) is 110 Å². The number of aliphatic carboxylic acids is 1. The van der Waals surface area contributed by atoms with Gasteiger partial charge in [0.2, 0.25) is 0 Å². The second kappa shape index (κ2) is 12.0. The average molecular weight is 494 g/mol. The first kappa shape index (κ1) is 25.7. The molecule has 1 atom stereocenters. The first-order chi connectivity index (χ1) is 16.3. The van der Waals surface area contributed by atoms with Gasteiger partial charge in [-0.05, 0) is 55.9 Å². The average Bonchev–Trinajstić information content (AvgIpc) is 2.83. The number of hydrogen-bond donors (Lipinski definition) is 3. The zero-order chi connectivity index (χ0) is 24.7. The van der Waals surface area contributed by atoms with Gasteiger partial charge in [-0.25, -0.2) is 9.37 Å². The number of aromatic nitrogens is 1. The van der Waals surface area contributed by atoms with Crippen LogP contribution in [0.2, 0.25) is 5.02 Å². The molecule has 1 aromatic heterocycles. The van der Waals surface area contributed by atoms with Crippen LogP contribution in [0.3, 0.4) is 0 Å². The van der Waals surface area contributed by atoms with Crippen molar-refractivity contribution in [1.82, 2.24) is 10.3 Å². The smallest absolute Gasteiger partial charge is 0.306 e. The van der Waals surface area contributed by atoms with E-state index in [2.05, 4.69) is 15.6 Å². The number of rotatable bonds is 10. The molecule has 0 spiro atoms. The predicted molar refractivity (Wildman–Crippen MR) is 126 cm³/mol. The van der Waals surface area contributed by atoms with Crippen LogP contribution in [0.25, 0.3) is 0 Å². The summed E-state index contributed by atoms with van der Waals surface area (Å²) in [5.74, 6) is -0.702. The SMILES string of the molecule is COCC(Nc1ncc(C(=O)NCC2CCC(C(=O)O)CC2)cc1Cl)c1cc(F)ccc1OC. The molecule has 1 aliphatic carbocycles. The summed E-state index contributed by atoms with van der Waals surface area (Å²) in [6.45, 7) is 0.669. The summed E-state index contributed by atoms with van der Waals surface area (Å²) in [6, 6.07) is 5.21. The van der Waals surface area contributed by atoms with Crippen LogP contribution in [0.5, 0.6) is 5.75 Å². The van der Waals surface area contributed by atoms with Crippen LogP contribution in [0.15, 0.2) is 30.5 Å². The highest BCUT2D eigenvalue weighted by molar-refractivity contribution is 6.33. The lowest BCUT2D eigenvalue weighted by atomic mass is 9.82. The molecule has 10 heteroatoms. The molecule has 1 amide bonds. The lowest BCUT2D eigenvalue weighted by Crippen LogP contribution is -2.32. The molecule has 3 rings (SSSR count). The van der Waals surface area contributed by atoms with Crippen LogP contribution in [0.1, 0.15) is 47.6 Å². The highest BCUT2D eigenvalue weighted by atomic mass is 35.5. The molecule has 0 radical (unpaired) electrons. The van der Waals surface area contributed by atoms with Gasteiger partial charge in [0.05, 0.1) is 36.3 Å². The fourth-order valence-electron chi connectivity index (χ4n) is 4.14. The third-order valence-electron chi connectivity index (χ3n) is 6.06. The van der Waals surface area contributed by atoms with Crippen molar-refractivity contribution < 1.29 is 28.6 Å². The van der Waals surface area contributed by atoms with Crippen LogP contribution >= 0.6 is 11.6 Å². The van der Waals surface area contributed by atoms with Gasteiger partial charge in [-0.2, -0.15) is 0 Å². The van der Waals surface area contributed by atoms with E-state index in [1.54, 1.807) is 0 Å². The summed E-state index contributed by atoms with van der Waals surface area (Å²) in [6.07, 6.45) is 4.20. The van der Waals surface area contributed by atoms with Crippen molar-refractivity contribution in [1.29, 1.82) is 0 Å². The molecule has 1 saturated carbocycles. The first-order valence-electron chi connectivity index (χ1n) is 11.1. The molecular formula is C24H29ClFN3O5. The maximum Gasteiger partial charge on any atom is 0.306 e. The van der Waals surface area contributed by atoms with Gasteiger partial charge < -0.3 is 25.2 Å². The molecule has 1 aromatic carbocycles. The van der Waals surface area contributed by atoms with Crippen molar-refractivity contribution in [3.05, 3.63) is 52.4 Å². The van der Waals surface area contributed by atoms with E-state index in [1.165, 1.54) is 44.7 Å². The molecule has 0 aliphatic heterocycles. The Hall–Kier alpha value is -2.91. The van der Waals surface area contributed by atoms with Crippen LogP contribution in [0, 0.1) is 17.7 Å². The van der Waals surface area contributed by atoms with Gasteiger partial charge in [0.1, 0.15) is 17.4 Å². The highest BCUT2D eigenvalue weighted by Gasteiger charge is 2.26. The molecule has 1 heterocycles. The lowest BCUT2D eigenvalue weighted by molar-refractivity contribution is -0.143. The Morgan fingerprint density at radius 1 is 1.24 bits per heavy atom. The number of halogens is 2. The Morgan fingerprint density at radius 3 is 2.59 bits per heavy atom. The standard InChI is InChI=1S/C24H29ClFN3O5/c1-33-13-20(18-10-17(26)7-8-21(18)34-2)29-22-19(25)9-16(12-27-22)23(30)28-11-14-3-5-15(6-4-14)24(31)32/h7-10,12,14-15,20H,3-6,11,13H2,1-2H3,(H,27,29)(H,28,30)(H,31,32). The minimum atomic E-state index is -0.750. The van der Waals surface area contributed by atoms with E-state index in [9.17, 15) is 14.0 Å².